The molecule has 1 fully saturated rings. The highest BCUT2D eigenvalue weighted by Gasteiger charge is 2.32. The van der Waals surface area contributed by atoms with E-state index in [0.29, 0.717) is 48.4 Å². The van der Waals surface area contributed by atoms with Crippen molar-refractivity contribution in [3.05, 3.63) is 35.7 Å². The summed E-state index contributed by atoms with van der Waals surface area (Å²) in [5.41, 5.74) is 1.72. The number of piperidine rings is 1. The highest BCUT2D eigenvalue weighted by molar-refractivity contribution is 7.89. The molecule has 0 radical (unpaired) electrons. The number of ether oxygens (including phenoxy) is 1. The molecule has 2 heterocycles. The Bertz CT molecular complexity index is 991. The molecule has 30 heavy (non-hydrogen) atoms. The molecule has 1 aliphatic heterocycles. The lowest BCUT2D eigenvalue weighted by molar-refractivity contribution is -0.116. The second kappa shape index (κ2) is 9.18. The largest absolute Gasteiger partial charge is 0.497 e. The zero-order chi connectivity index (χ0) is 21.9. The fraction of sp³-hybridized carbons (Fsp3) is 0.524. The van der Waals surface area contributed by atoms with E-state index in [9.17, 15) is 13.2 Å². The first-order valence-electron chi connectivity index (χ1n) is 10.2. The molecule has 2 aromatic rings. The van der Waals surface area contributed by atoms with Gasteiger partial charge in [0.1, 0.15) is 10.6 Å². The first-order chi connectivity index (χ1) is 14.2. The Hall–Kier alpha value is -2.39. The molecule has 0 aliphatic carbocycles. The van der Waals surface area contributed by atoms with E-state index >= 15 is 0 Å². The average molecular weight is 435 g/mol. The number of hydrogen-bond acceptors (Lipinski definition) is 5. The molecule has 0 saturated carbocycles. The first-order valence-corrected chi connectivity index (χ1v) is 11.6. The molecule has 3 rings (SSSR count). The number of anilines is 1. The number of carbonyl (C=O) groups is 1. The standard InChI is InChI=1S/C21H30N4O4S/c1-15-9-12-24(13-10-15)30(27,28)21-16(2)23-25(17(21)3)14-11-20(26)22-18-5-7-19(29-4)8-6-18/h5-8,15H,9-14H2,1-4H3,(H,22,26). The molecule has 1 N–H and O–H groups in total. The van der Waals surface area contributed by atoms with E-state index < -0.39 is 10.0 Å². The molecular formula is C21H30N4O4S. The maximum absolute atomic E-state index is 13.2. The number of methoxy groups -OCH3 is 1. The minimum absolute atomic E-state index is 0.165. The first kappa shape index (κ1) is 22.3. The van der Waals surface area contributed by atoms with Gasteiger partial charge < -0.3 is 10.1 Å². The Morgan fingerprint density at radius 1 is 1.20 bits per heavy atom. The lowest BCUT2D eigenvalue weighted by Gasteiger charge is -2.29. The number of amides is 1. The summed E-state index contributed by atoms with van der Waals surface area (Å²) in [5, 5.41) is 7.23. The number of carbonyl (C=O) groups excluding carboxylic acids is 1. The highest BCUT2D eigenvalue weighted by Crippen LogP contribution is 2.27. The molecule has 1 amide bonds. The Morgan fingerprint density at radius 2 is 1.83 bits per heavy atom. The van der Waals surface area contributed by atoms with Gasteiger partial charge in [0, 0.05) is 25.2 Å². The number of aromatic nitrogens is 2. The Kier molecular flexibility index (Phi) is 6.82. The van der Waals surface area contributed by atoms with Crippen molar-refractivity contribution in [1.82, 2.24) is 14.1 Å². The van der Waals surface area contributed by atoms with Crippen LogP contribution in [0.5, 0.6) is 5.75 Å². The van der Waals surface area contributed by atoms with Gasteiger partial charge in [-0.1, -0.05) is 6.92 Å². The summed E-state index contributed by atoms with van der Waals surface area (Å²) >= 11 is 0. The molecule has 0 atom stereocenters. The van der Waals surface area contributed by atoms with Crippen LogP contribution in [0.4, 0.5) is 5.69 Å². The Morgan fingerprint density at radius 3 is 2.43 bits per heavy atom. The van der Waals surface area contributed by atoms with Gasteiger partial charge in [0.05, 0.1) is 25.0 Å². The third-order valence-corrected chi connectivity index (χ3v) is 7.73. The van der Waals surface area contributed by atoms with Crippen molar-refractivity contribution < 1.29 is 17.9 Å². The van der Waals surface area contributed by atoms with Crippen molar-refractivity contribution in [2.45, 2.75) is 51.5 Å². The van der Waals surface area contributed by atoms with E-state index in [2.05, 4.69) is 17.3 Å². The number of aryl methyl sites for hydroxylation is 2. The van der Waals surface area contributed by atoms with E-state index in [1.807, 2.05) is 0 Å². The summed E-state index contributed by atoms with van der Waals surface area (Å²) in [6.45, 7) is 6.99. The Labute approximate surface area is 178 Å². The number of nitrogens with one attached hydrogen (secondary N) is 1. The van der Waals surface area contributed by atoms with Crippen molar-refractivity contribution >= 4 is 21.6 Å². The van der Waals surface area contributed by atoms with Gasteiger partial charge in [-0.3, -0.25) is 9.48 Å². The molecule has 8 nitrogen and oxygen atoms in total. The summed E-state index contributed by atoms with van der Waals surface area (Å²) in [7, 11) is -2.00. The second-order valence-corrected chi connectivity index (χ2v) is 9.71. The fourth-order valence-electron chi connectivity index (χ4n) is 3.73. The SMILES string of the molecule is COc1ccc(NC(=O)CCn2nc(C)c(S(=O)(=O)N3CCC(C)CC3)c2C)cc1. The molecule has 1 aliphatic rings. The summed E-state index contributed by atoms with van der Waals surface area (Å²) in [6, 6.07) is 7.08. The van der Waals surface area contributed by atoms with Crippen LogP contribution in [0.2, 0.25) is 0 Å². The summed E-state index contributed by atoms with van der Waals surface area (Å²) in [4.78, 5) is 12.6. The zero-order valence-electron chi connectivity index (χ0n) is 18.0. The van der Waals surface area contributed by atoms with E-state index in [0.717, 1.165) is 12.8 Å². The van der Waals surface area contributed by atoms with Crippen molar-refractivity contribution in [2.75, 3.05) is 25.5 Å². The highest BCUT2D eigenvalue weighted by atomic mass is 32.2. The van der Waals surface area contributed by atoms with Crippen LogP contribution in [0, 0.1) is 19.8 Å². The summed E-state index contributed by atoms with van der Waals surface area (Å²) in [6.07, 6.45) is 1.93. The second-order valence-electron chi connectivity index (χ2n) is 7.84. The zero-order valence-corrected chi connectivity index (χ0v) is 18.8. The normalized spacial score (nSPS) is 15.9. The lowest BCUT2D eigenvalue weighted by atomic mass is 10.0. The molecule has 1 aromatic heterocycles. The lowest BCUT2D eigenvalue weighted by Crippen LogP contribution is -2.38. The average Bonchev–Trinajstić information content (AvgIpc) is 3.01. The van der Waals surface area contributed by atoms with E-state index in [-0.39, 0.29) is 17.2 Å². The van der Waals surface area contributed by atoms with Crippen LogP contribution in [0.1, 0.15) is 37.6 Å². The topological polar surface area (TPSA) is 93.5 Å². The molecule has 0 bridgehead atoms. The van der Waals surface area contributed by atoms with E-state index in [4.69, 9.17) is 4.74 Å². The molecule has 0 unspecified atom stereocenters. The van der Waals surface area contributed by atoms with Crippen molar-refractivity contribution in [2.24, 2.45) is 5.92 Å². The van der Waals surface area contributed by atoms with Gasteiger partial charge in [0.2, 0.25) is 15.9 Å². The van der Waals surface area contributed by atoms with Gasteiger partial charge in [0.25, 0.3) is 0 Å². The third kappa shape index (κ3) is 4.84. The van der Waals surface area contributed by atoms with Crippen LogP contribution >= 0.6 is 0 Å². The van der Waals surface area contributed by atoms with Crippen molar-refractivity contribution in [3.8, 4) is 5.75 Å². The van der Waals surface area contributed by atoms with Gasteiger partial charge >= 0.3 is 0 Å². The van der Waals surface area contributed by atoms with Crippen LogP contribution in [0.3, 0.4) is 0 Å². The fourth-order valence-corrected chi connectivity index (χ4v) is 5.57. The molecule has 0 spiro atoms. The molecule has 9 heteroatoms. The van der Waals surface area contributed by atoms with Crippen LogP contribution in [0.25, 0.3) is 0 Å². The van der Waals surface area contributed by atoms with E-state index in [1.165, 1.54) is 0 Å². The number of hydrogen-bond donors (Lipinski definition) is 1. The third-order valence-electron chi connectivity index (χ3n) is 5.58. The predicted molar refractivity (Wildman–Crippen MR) is 115 cm³/mol. The van der Waals surface area contributed by atoms with Crippen molar-refractivity contribution in [1.29, 1.82) is 0 Å². The number of benzene rings is 1. The molecular weight excluding hydrogens is 404 g/mol. The molecule has 1 saturated heterocycles. The minimum atomic E-state index is -3.58. The van der Waals surface area contributed by atoms with Gasteiger partial charge in [-0.2, -0.15) is 9.40 Å². The van der Waals surface area contributed by atoms with Crippen LogP contribution in [0.15, 0.2) is 29.2 Å². The van der Waals surface area contributed by atoms with Gasteiger partial charge in [-0.15, -0.1) is 0 Å². The maximum atomic E-state index is 13.2. The van der Waals surface area contributed by atoms with Crippen LogP contribution in [-0.2, 0) is 21.4 Å². The Balaban J connectivity index is 1.67. The minimum Gasteiger partial charge on any atom is -0.497 e. The molecule has 164 valence electrons. The predicted octanol–water partition coefficient (Wildman–Crippen LogP) is 2.96. The van der Waals surface area contributed by atoms with Gasteiger partial charge in [-0.05, 0) is 56.9 Å². The quantitative estimate of drug-likeness (QED) is 0.723. The maximum Gasteiger partial charge on any atom is 0.246 e. The summed E-state index contributed by atoms with van der Waals surface area (Å²) < 4.78 is 34.6. The number of rotatable bonds is 7. The summed E-state index contributed by atoms with van der Waals surface area (Å²) in [5.74, 6) is 1.10. The van der Waals surface area contributed by atoms with Crippen LogP contribution in [-0.4, -0.2) is 48.6 Å². The smallest absolute Gasteiger partial charge is 0.246 e. The van der Waals surface area contributed by atoms with Gasteiger partial charge in [-0.25, -0.2) is 8.42 Å². The van der Waals surface area contributed by atoms with Gasteiger partial charge in [0.15, 0.2) is 0 Å². The monoisotopic (exact) mass is 434 g/mol. The van der Waals surface area contributed by atoms with E-state index in [1.54, 1.807) is 54.2 Å². The number of sulfonamides is 1. The van der Waals surface area contributed by atoms with Crippen LogP contribution < -0.4 is 10.1 Å². The van der Waals surface area contributed by atoms with Crippen molar-refractivity contribution in [3.63, 3.8) is 0 Å². The molecule has 1 aromatic carbocycles. The number of nitrogens with zero attached hydrogens (tertiary/aromatic N) is 3.